The largest absolute Gasteiger partial charge is 0.481 e. The van der Waals surface area contributed by atoms with E-state index < -0.39 is 84.2 Å². The maximum Gasteiger partial charge on any atom is 0.338 e. The van der Waals surface area contributed by atoms with E-state index in [2.05, 4.69) is 54.5 Å². The molecule has 6 N–H and O–H groups in total. The fourth-order valence-electron chi connectivity index (χ4n) is 13.6. The zero-order valence-corrected chi connectivity index (χ0v) is 34.6. The van der Waals surface area contributed by atoms with Gasteiger partial charge in [0.25, 0.3) is 0 Å². The molecule has 0 spiro atoms. The number of esters is 1. The molecular weight excluding hydrogens is 724 g/mol. The number of aliphatic hydroxyl groups excluding tert-OH is 5. The third-order valence-corrected chi connectivity index (χ3v) is 17.1. The van der Waals surface area contributed by atoms with E-state index >= 15 is 0 Å². The maximum atomic E-state index is 13.1. The molecule has 13 heteroatoms. The third kappa shape index (κ3) is 6.35. The summed E-state index contributed by atoms with van der Waals surface area (Å²) in [6.07, 6.45) is -3.43. The topological polar surface area (TPSA) is 202 Å². The maximum absolute atomic E-state index is 13.1. The minimum absolute atomic E-state index is 0.0182. The van der Waals surface area contributed by atoms with Gasteiger partial charge in [-0.3, -0.25) is 4.79 Å². The van der Waals surface area contributed by atoms with Crippen molar-refractivity contribution in [3.05, 3.63) is 11.6 Å². The lowest BCUT2D eigenvalue weighted by atomic mass is 9.33. The lowest BCUT2D eigenvalue weighted by molar-refractivity contribution is -0.357. The van der Waals surface area contributed by atoms with Crippen LogP contribution in [0.1, 0.15) is 120 Å². The second kappa shape index (κ2) is 14.5. The summed E-state index contributed by atoms with van der Waals surface area (Å²) < 4.78 is 29.2. The Morgan fingerprint density at radius 1 is 0.804 bits per heavy atom. The molecule has 2 aliphatic heterocycles. The van der Waals surface area contributed by atoms with Gasteiger partial charge in [-0.05, 0) is 116 Å². The van der Waals surface area contributed by atoms with Crippen molar-refractivity contribution < 1.29 is 63.9 Å². The van der Waals surface area contributed by atoms with Crippen LogP contribution in [0.4, 0.5) is 0 Å². The van der Waals surface area contributed by atoms with Crippen molar-refractivity contribution in [1.29, 1.82) is 0 Å². The molecule has 2 saturated heterocycles. The summed E-state index contributed by atoms with van der Waals surface area (Å²) in [5.41, 5.74) is 0.203. The summed E-state index contributed by atoms with van der Waals surface area (Å²) in [4.78, 5) is 26.1. The molecule has 4 saturated carbocycles. The number of hydrogen-bond acceptors (Lipinski definition) is 12. The molecule has 318 valence electrons. The second-order valence-electron chi connectivity index (χ2n) is 20.7. The van der Waals surface area contributed by atoms with Gasteiger partial charge in [-0.15, -0.1) is 0 Å². The summed E-state index contributed by atoms with van der Waals surface area (Å²) in [5, 5.41) is 64.4. The van der Waals surface area contributed by atoms with Crippen molar-refractivity contribution in [2.45, 2.75) is 181 Å². The zero-order chi connectivity index (χ0) is 41.0. The number of carbonyl (C=O) groups is 2. The van der Waals surface area contributed by atoms with E-state index in [1.54, 1.807) is 6.92 Å². The number of carbonyl (C=O) groups excluding carboxylic acids is 1. The minimum Gasteiger partial charge on any atom is -0.481 e. The van der Waals surface area contributed by atoms with Crippen molar-refractivity contribution in [3.63, 3.8) is 0 Å². The van der Waals surface area contributed by atoms with Crippen LogP contribution in [0, 0.1) is 50.2 Å². The number of carboxylic acids is 1. The number of aliphatic carboxylic acids is 1. The highest BCUT2D eigenvalue weighted by molar-refractivity contribution is 5.77. The molecule has 0 aromatic carbocycles. The third-order valence-electron chi connectivity index (χ3n) is 17.1. The molecule has 0 radical (unpaired) electrons. The summed E-state index contributed by atoms with van der Waals surface area (Å²) in [5.74, 6) is -0.850. The molecular formula is C43H68O13. The molecule has 13 nitrogen and oxygen atoms in total. The molecule has 5 aliphatic carbocycles. The first-order valence-corrected chi connectivity index (χ1v) is 21.2. The number of ether oxygens (including phenoxy) is 5. The van der Waals surface area contributed by atoms with Crippen molar-refractivity contribution in [3.8, 4) is 0 Å². The van der Waals surface area contributed by atoms with E-state index in [0.717, 1.165) is 51.4 Å². The number of fused-ring (bicyclic) bond motifs is 7. The Balaban J connectivity index is 1.14. The number of carboxylic acid groups (broad SMARTS) is 1. The van der Waals surface area contributed by atoms with Crippen molar-refractivity contribution in [2.75, 3.05) is 13.2 Å². The normalized spacial score (nSPS) is 50.9. The van der Waals surface area contributed by atoms with Crippen LogP contribution >= 0.6 is 0 Å². The van der Waals surface area contributed by atoms with Gasteiger partial charge >= 0.3 is 11.9 Å². The van der Waals surface area contributed by atoms with Gasteiger partial charge in [0.2, 0.25) is 0 Å². The van der Waals surface area contributed by atoms with Gasteiger partial charge in [0.1, 0.15) is 36.6 Å². The first-order chi connectivity index (χ1) is 26.1. The zero-order valence-electron chi connectivity index (χ0n) is 34.6. The van der Waals surface area contributed by atoms with E-state index in [-0.39, 0.29) is 46.7 Å². The van der Waals surface area contributed by atoms with Crippen LogP contribution in [0.5, 0.6) is 0 Å². The summed E-state index contributed by atoms with van der Waals surface area (Å²) in [6, 6.07) is 0. The van der Waals surface area contributed by atoms with E-state index in [4.69, 9.17) is 23.7 Å². The fraction of sp³-hybridized carbons (Fsp3) is 0.907. The Kier molecular flexibility index (Phi) is 11.0. The lowest BCUT2D eigenvalue weighted by Crippen LogP contribution is -2.67. The van der Waals surface area contributed by atoms with Gasteiger partial charge in [0.05, 0.1) is 24.7 Å². The molecule has 0 unspecified atom stereocenters. The monoisotopic (exact) mass is 792 g/mol. The smallest absolute Gasteiger partial charge is 0.338 e. The average Bonchev–Trinajstić information content (AvgIpc) is 3.12. The Bertz CT molecular complexity index is 1550. The lowest BCUT2D eigenvalue weighted by Gasteiger charge is -2.71. The first kappa shape index (κ1) is 42.4. The van der Waals surface area contributed by atoms with Crippen LogP contribution in [0.2, 0.25) is 0 Å². The second-order valence-corrected chi connectivity index (χ2v) is 20.7. The van der Waals surface area contributed by atoms with Gasteiger partial charge in [-0.25, -0.2) is 4.79 Å². The van der Waals surface area contributed by atoms with E-state index in [9.17, 15) is 40.2 Å². The average molecular weight is 793 g/mol. The highest BCUT2D eigenvalue weighted by Gasteiger charge is 2.69. The van der Waals surface area contributed by atoms with Crippen LogP contribution in [-0.4, -0.2) is 117 Å². The molecule has 7 rings (SSSR count). The molecule has 6 fully saturated rings. The Hall–Kier alpha value is -1.68. The SMILES string of the molecule is CCOC(=O)[C@H]1O[C@@H](O[C@H]2CC[C@@]3(C)[C@H](CC[C@]4(C)[C@@H]3CC=C3[C@H]5CC(C)(C)CC[C@]5(C(=O)O)CC[C@]34C)C2(C)C)[C@H](O)[C@@H](O[C@@H]2OC[C@@H](O)[C@H](O)[C@H]2O)[C@@H]1O. The van der Waals surface area contributed by atoms with Crippen LogP contribution in [-0.2, 0) is 33.3 Å². The minimum atomic E-state index is -1.73. The Morgan fingerprint density at radius 2 is 1.50 bits per heavy atom. The van der Waals surface area contributed by atoms with Gasteiger partial charge in [-0.1, -0.05) is 60.1 Å². The summed E-state index contributed by atoms with van der Waals surface area (Å²) in [7, 11) is 0. The molecule has 56 heavy (non-hydrogen) atoms. The highest BCUT2D eigenvalue weighted by Crippen LogP contribution is 2.76. The number of hydrogen-bond donors (Lipinski definition) is 6. The summed E-state index contributed by atoms with van der Waals surface area (Å²) >= 11 is 0. The Labute approximate surface area is 331 Å². The van der Waals surface area contributed by atoms with E-state index in [1.165, 1.54) is 5.57 Å². The standard InChI is InChI=1S/C43H68O13/c1-9-52-34(49)33-30(47)32(55-35-29(46)28(45)24(44)21-53-35)31(48)36(56-33)54-27-13-14-40(6)25(39(27,4)5)12-15-42(8)26(40)11-10-22-23-20-38(2,3)16-18-43(23,37(50)51)19-17-41(22,42)7/h10,23-33,35-36,44-48H,9,11-21H2,1-8H3,(H,50,51)/t23-,24-,25-,26-,27+,28+,29-,30+,31-,32+,33+,35+,36-,40+,41-,42-,43+/m1/s1. The van der Waals surface area contributed by atoms with Gasteiger partial charge < -0.3 is 54.3 Å². The number of rotatable bonds is 7. The fourth-order valence-corrected chi connectivity index (χ4v) is 13.6. The van der Waals surface area contributed by atoms with Crippen LogP contribution in [0.3, 0.4) is 0 Å². The van der Waals surface area contributed by atoms with Gasteiger partial charge in [0, 0.05) is 0 Å². The first-order valence-electron chi connectivity index (χ1n) is 21.2. The molecule has 0 amide bonds. The predicted octanol–water partition coefficient (Wildman–Crippen LogP) is 4.09. The highest BCUT2D eigenvalue weighted by atomic mass is 16.7. The van der Waals surface area contributed by atoms with Crippen molar-refractivity contribution in [2.24, 2.45) is 50.2 Å². The number of aliphatic hydroxyl groups is 5. The quantitative estimate of drug-likeness (QED) is 0.122. The predicted molar refractivity (Wildman–Crippen MR) is 201 cm³/mol. The molecule has 7 aliphatic rings. The Morgan fingerprint density at radius 3 is 2.18 bits per heavy atom. The van der Waals surface area contributed by atoms with Crippen LogP contribution in [0.25, 0.3) is 0 Å². The van der Waals surface area contributed by atoms with Gasteiger partial charge in [0.15, 0.2) is 18.7 Å². The summed E-state index contributed by atoms with van der Waals surface area (Å²) in [6.45, 7) is 17.7. The number of allylic oxidation sites excluding steroid dienone is 2. The molecule has 17 atom stereocenters. The van der Waals surface area contributed by atoms with E-state index in [1.807, 2.05) is 0 Å². The molecule has 0 aromatic rings. The van der Waals surface area contributed by atoms with Crippen LogP contribution in [0.15, 0.2) is 11.6 Å². The molecule has 2 heterocycles. The van der Waals surface area contributed by atoms with Crippen molar-refractivity contribution >= 4 is 11.9 Å². The van der Waals surface area contributed by atoms with Crippen molar-refractivity contribution in [1.82, 2.24) is 0 Å². The van der Waals surface area contributed by atoms with Crippen LogP contribution < -0.4 is 0 Å². The molecule has 0 aromatic heterocycles. The van der Waals surface area contributed by atoms with E-state index in [0.29, 0.717) is 18.8 Å². The van der Waals surface area contributed by atoms with Gasteiger partial charge in [-0.2, -0.15) is 0 Å². The molecule has 0 bridgehead atoms.